The number of anilines is 2. The van der Waals surface area contributed by atoms with Crippen LogP contribution in [0.5, 0.6) is 0 Å². The molecule has 0 unspecified atom stereocenters. The maximum absolute atomic E-state index is 5.58. The number of rotatable bonds is 4. The fourth-order valence-electron chi connectivity index (χ4n) is 1.18. The lowest BCUT2D eigenvalue weighted by Crippen LogP contribution is -2.06. The van der Waals surface area contributed by atoms with Crippen LogP contribution < -0.4 is 11.1 Å². The van der Waals surface area contributed by atoms with Gasteiger partial charge in [0.2, 0.25) is 6.39 Å². The monoisotopic (exact) mass is 205 g/mol. The number of nitrogens with two attached hydrogens (primary N) is 1. The van der Waals surface area contributed by atoms with Gasteiger partial charge in [-0.1, -0.05) is 5.16 Å². The van der Waals surface area contributed by atoms with E-state index in [1.165, 1.54) is 6.39 Å². The number of nitrogens with zero attached hydrogens (tertiary/aromatic N) is 3. The Kier molecular flexibility index (Phi) is 2.77. The zero-order valence-electron chi connectivity index (χ0n) is 8.05. The first-order valence-electron chi connectivity index (χ1n) is 4.54. The standard InChI is InChI=1S/C9H11N5O/c10-7-3-8(5-11-4-7)12-2-1-9-13-6-15-14-9/h3-6,12H,1-2,10H2. The summed E-state index contributed by atoms with van der Waals surface area (Å²) < 4.78 is 4.62. The molecule has 0 aliphatic rings. The molecule has 78 valence electrons. The van der Waals surface area contributed by atoms with Crippen molar-refractivity contribution in [2.24, 2.45) is 0 Å². The third kappa shape index (κ3) is 2.67. The van der Waals surface area contributed by atoms with Gasteiger partial charge >= 0.3 is 0 Å². The third-order valence-corrected chi connectivity index (χ3v) is 1.84. The summed E-state index contributed by atoms with van der Waals surface area (Å²) in [6, 6.07) is 1.82. The molecule has 0 bridgehead atoms. The second-order valence-electron chi connectivity index (χ2n) is 3.03. The smallest absolute Gasteiger partial charge is 0.213 e. The molecule has 0 amide bonds. The summed E-state index contributed by atoms with van der Waals surface area (Å²) in [4.78, 5) is 7.87. The normalized spacial score (nSPS) is 10.1. The molecule has 0 radical (unpaired) electrons. The van der Waals surface area contributed by atoms with E-state index >= 15 is 0 Å². The van der Waals surface area contributed by atoms with Crippen molar-refractivity contribution < 1.29 is 4.52 Å². The SMILES string of the molecule is Nc1cncc(NCCc2ncon2)c1. The van der Waals surface area contributed by atoms with E-state index in [2.05, 4.69) is 25.0 Å². The van der Waals surface area contributed by atoms with Crippen LogP contribution in [0.2, 0.25) is 0 Å². The van der Waals surface area contributed by atoms with E-state index in [0.29, 0.717) is 24.5 Å². The van der Waals surface area contributed by atoms with Gasteiger partial charge in [-0.25, -0.2) is 0 Å². The molecular weight excluding hydrogens is 194 g/mol. The first-order valence-corrected chi connectivity index (χ1v) is 4.54. The van der Waals surface area contributed by atoms with Gasteiger partial charge in [-0.3, -0.25) is 4.98 Å². The van der Waals surface area contributed by atoms with E-state index in [1.807, 2.05) is 6.07 Å². The first kappa shape index (κ1) is 9.45. The van der Waals surface area contributed by atoms with E-state index < -0.39 is 0 Å². The molecule has 6 heteroatoms. The summed E-state index contributed by atoms with van der Waals surface area (Å²) in [5.41, 5.74) is 7.11. The summed E-state index contributed by atoms with van der Waals surface area (Å²) in [7, 11) is 0. The molecule has 0 atom stereocenters. The molecule has 2 aromatic heterocycles. The van der Waals surface area contributed by atoms with Crippen molar-refractivity contribution in [3.05, 3.63) is 30.7 Å². The van der Waals surface area contributed by atoms with Gasteiger partial charge in [-0.2, -0.15) is 4.98 Å². The fraction of sp³-hybridized carbons (Fsp3) is 0.222. The summed E-state index contributed by atoms with van der Waals surface area (Å²) >= 11 is 0. The highest BCUT2D eigenvalue weighted by molar-refractivity contribution is 5.51. The third-order valence-electron chi connectivity index (χ3n) is 1.84. The molecule has 15 heavy (non-hydrogen) atoms. The van der Waals surface area contributed by atoms with Crippen LogP contribution >= 0.6 is 0 Å². The Morgan fingerprint density at radius 3 is 3.07 bits per heavy atom. The highest BCUT2D eigenvalue weighted by Gasteiger charge is 1.98. The topological polar surface area (TPSA) is 89.9 Å². The maximum Gasteiger partial charge on any atom is 0.213 e. The number of hydrogen-bond acceptors (Lipinski definition) is 6. The molecule has 2 rings (SSSR count). The average molecular weight is 205 g/mol. The molecule has 2 aromatic rings. The van der Waals surface area contributed by atoms with E-state index in [1.54, 1.807) is 12.4 Å². The summed E-state index contributed by atoms with van der Waals surface area (Å²) in [6.07, 6.45) is 5.33. The van der Waals surface area contributed by atoms with E-state index in [4.69, 9.17) is 5.73 Å². The lowest BCUT2D eigenvalue weighted by atomic mass is 10.3. The lowest BCUT2D eigenvalue weighted by molar-refractivity contribution is 0.410. The molecule has 0 saturated carbocycles. The second kappa shape index (κ2) is 4.41. The Morgan fingerprint density at radius 1 is 1.40 bits per heavy atom. The molecule has 0 spiro atoms. The Morgan fingerprint density at radius 2 is 2.33 bits per heavy atom. The van der Waals surface area contributed by atoms with Crippen molar-refractivity contribution in [3.8, 4) is 0 Å². The van der Waals surface area contributed by atoms with Gasteiger partial charge < -0.3 is 15.6 Å². The Balaban J connectivity index is 1.83. The van der Waals surface area contributed by atoms with Crippen molar-refractivity contribution in [1.29, 1.82) is 0 Å². The van der Waals surface area contributed by atoms with Crippen LogP contribution in [0.3, 0.4) is 0 Å². The molecule has 3 N–H and O–H groups in total. The highest BCUT2D eigenvalue weighted by Crippen LogP contribution is 2.08. The van der Waals surface area contributed by atoms with Crippen LogP contribution in [-0.4, -0.2) is 21.7 Å². The first-order chi connectivity index (χ1) is 7.34. The molecular formula is C9H11N5O. The van der Waals surface area contributed by atoms with Gasteiger partial charge in [0.05, 0.1) is 17.6 Å². The van der Waals surface area contributed by atoms with Crippen LogP contribution in [0.4, 0.5) is 11.4 Å². The number of hydrogen-bond donors (Lipinski definition) is 2. The van der Waals surface area contributed by atoms with E-state index in [-0.39, 0.29) is 0 Å². The molecule has 0 fully saturated rings. The Hall–Kier alpha value is -2.11. The van der Waals surface area contributed by atoms with Gasteiger partial charge in [0.15, 0.2) is 5.82 Å². The van der Waals surface area contributed by atoms with Gasteiger partial charge in [-0.15, -0.1) is 0 Å². The van der Waals surface area contributed by atoms with Crippen LogP contribution in [0.15, 0.2) is 29.4 Å². The Bertz CT molecular complexity index is 414. The van der Waals surface area contributed by atoms with Crippen molar-refractivity contribution >= 4 is 11.4 Å². The average Bonchev–Trinajstić information content (AvgIpc) is 2.71. The summed E-state index contributed by atoms with van der Waals surface area (Å²) in [5.74, 6) is 0.680. The molecule has 0 aromatic carbocycles. The summed E-state index contributed by atoms with van der Waals surface area (Å²) in [5, 5.41) is 6.86. The molecule has 0 saturated heterocycles. The number of nitrogens with one attached hydrogen (secondary N) is 1. The van der Waals surface area contributed by atoms with E-state index in [9.17, 15) is 0 Å². The quantitative estimate of drug-likeness (QED) is 0.763. The second-order valence-corrected chi connectivity index (χ2v) is 3.03. The minimum Gasteiger partial charge on any atom is -0.397 e. The molecule has 6 nitrogen and oxygen atoms in total. The fourth-order valence-corrected chi connectivity index (χ4v) is 1.18. The van der Waals surface area contributed by atoms with Crippen LogP contribution in [0.1, 0.15) is 5.82 Å². The molecule has 2 heterocycles. The molecule has 0 aliphatic carbocycles. The van der Waals surface area contributed by atoms with Crippen molar-refractivity contribution in [2.75, 3.05) is 17.6 Å². The largest absolute Gasteiger partial charge is 0.397 e. The summed E-state index contributed by atoms with van der Waals surface area (Å²) in [6.45, 7) is 0.713. The van der Waals surface area contributed by atoms with Crippen molar-refractivity contribution in [3.63, 3.8) is 0 Å². The maximum atomic E-state index is 5.58. The van der Waals surface area contributed by atoms with Crippen molar-refractivity contribution in [1.82, 2.24) is 15.1 Å². The predicted octanol–water partition coefficient (Wildman–Crippen LogP) is 0.701. The van der Waals surface area contributed by atoms with Crippen molar-refractivity contribution in [2.45, 2.75) is 6.42 Å². The zero-order valence-corrected chi connectivity index (χ0v) is 8.05. The highest BCUT2D eigenvalue weighted by atomic mass is 16.5. The van der Waals surface area contributed by atoms with E-state index in [0.717, 1.165) is 5.69 Å². The molecule has 0 aliphatic heterocycles. The van der Waals surface area contributed by atoms with Gasteiger partial charge in [-0.05, 0) is 6.07 Å². The van der Waals surface area contributed by atoms with Gasteiger partial charge in [0.25, 0.3) is 0 Å². The number of aromatic nitrogens is 3. The minimum atomic E-state index is 0.638. The zero-order chi connectivity index (χ0) is 10.5. The van der Waals surface area contributed by atoms with Gasteiger partial charge in [0.1, 0.15) is 0 Å². The van der Waals surface area contributed by atoms with Crippen LogP contribution in [-0.2, 0) is 6.42 Å². The number of pyridine rings is 1. The minimum absolute atomic E-state index is 0.638. The van der Waals surface area contributed by atoms with Crippen LogP contribution in [0.25, 0.3) is 0 Å². The van der Waals surface area contributed by atoms with Gasteiger partial charge in [0, 0.05) is 19.2 Å². The predicted molar refractivity (Wildman–Crippen MR) is 55.1 cm³/mol. The van der Waals surface area contributed by atoms with Crippen LogP contribution in [0, 0.1) is 0 Å². The lowest BCUT2D eigenvalue weighted by Gasteiger charge is -2.04. The number of nitrogen functional groups attached to an aromatic ring is 1. The Labute approximate surface area is 86.5 Å².